The first-order valence-corrected chi connectivity index (χ1v) is 7.80. The Morgan fingerprint density at radius 3 is 2.57 bits per heavy atom. The molecule has 0 saturated carbocycles. The lowest BCUT2D eigenvalue weighted by Gasteiger charge is -2.36. The van der Waals surface area contributed by atoms with E-state index in [1.807, 2.05) is 31.3 Å². The van der Waals surface area contributed by atoms with Crippen molar-refractivity contribution in [2.75, 3.05) is 36.0 Å². The molecular weight excluding hydrogens is 288 g/mol. The van der Waals surface area contributed by atoms with Crippen molar-refractivity contribution in [3.05, 3.63) is 48.5 Å². The van der Waals surface area contributed by atoms with Crippen molar-refractivity contribution in [2.45, 2.75) is 6.92 Å². The predicted molar refractivity (Wildman–Crippen MR) is 90.7 cm³/mol. The Bertz CT molecular complexity index is 821. The Morgan fingerprint density at radius 2 is 1.74 bits per heavy atom. The summed E-state index contributed by atoms with van der Waals surface area (Å²) in [4.78, 5) is 13.1. The van der Waals surface area contributed by atoms with Crippen molar-refractivity contribution in [3.63, 3.8) is 0 Å². The first kappa shape index (κ1) is 13.9. The molecule has 0 amide bonds. The van der Waals surface area contributed by atoms with Gasteiger partial charge in [-0.25, -0.2) is 9.97 Å². The van der Waals surface area contributed by atoms with E-state index in [0.29, 0.717) is 0 Å². The molecule has 0 N–H and O–H groups in total. The van der Waals surface area contributed by atoms with Crippen LogP contribution in [0.4, 0.5) is 11.6 Å². The highest BCUT2D eigenvalue weighted by Gasteiger charge is 2.20. The predicted octanol–water partition coefficient (Wildman–Crippen LogP) is 2.05. The van der Waals surface area contributed by atoms with Crippen LogP contribution in [0, 0.1) is 6.92 Å². The molecule has 0 atom stereocenters. The molecule has 1 aliphatic rings. The molecule has 2 aromatic heterocycles. The normalized spacial score (nSPS) is 15.2. The molecule has 1 aliphatic heterocycles. The Kier molecular flexibility index (Phi) is 3.49. The topological polar surface area (TPSA) is 58.0 Å². The van der Waals surface area contributed by atoms with Gasteiger partial charge in [0.25, 0.3) is 0 Å². The highest BCUT2D eigenvalue weighted by molar-refractivity contribution is 5.91. The van der Waals surface area contributed by atoms with Crippen LogP contribution in [0.15, 0.2) is 42.9 Å². The summed E-state index contributed by atoms with van der Waals surface area (Å²) < 4.78 is 0. The molecule has 3 heterocycles. The zero-order valence-electron chi connectivity index (χ0n) is 13.1. The summed E-state index contributed by atoms with van der Waals surface area (Å²) in [5.74, 6) is 1.97. The van der Waals surface area contributed by atoms with Crippen molar-refractivity contribution < 1.29 is 0 Å². The van der Waals surface area contributed by atoms with E-state index >= 15 is 0 Å². The maximum absolute atomic E-state index is 4.38. The number of hydrogen-bond donors (Lipinski definition) is 0. The van der Waals surface area contributed by atoms with E-state index in [-0.39, 0.29) is 0 Å². The van der Waals surface area contributed by atoms with E-state index in [0.717, 1.165) is 54.3 Å². The van der Waals surface area contributed by atoms with Gasteiger partial charge in [0.2, 0.25) is 0 Å². The van der Waals surface area contributed by atoms with Crippen molar-refractivity contribution in [1.29, 1.82) is 0 Å². The highest BCUT2D eigenvalue weighted by Crippen LogP contribution is 2.24. The number of anilines is 2. The number of piperazine rings is 1. The van der Waals surface area contributed by atoms with Crippen LogP contribution >= 0.6 is 0 Å². The number of hydrogen-bond acceptors (Lipinski definition) is 6. The molecule has 116 valence electrons. The summed E-state index contributed by atoms with van der Waals surface area (Å²) >= 11 is 0. The van der Waals surface area contributed by atoms with Crippen LogP contribution in [-0.2, 0) is 0 Å². The molecule has 3 aromatic rings. The standard InChI is InChI=1S/C17H18N6/c1-13-10-16(19-12-18-13)22-6-8-23(9-7-22)17-15-5-3-2-4-14(15)11-20-21-17/h2-5,10-12H,6-9H2,1H3. The largest absolute Gasteiger partial charge is 0.353 e. The molecule has 1 aromatic carbocycles. The first-order valence-electron chi connectivity index (χ1n) is 7.80. The van der Waals surface area contributed by atoms with Gasteiger partial charge in [-0.3, -0.25) is 0 Å². The Labute approximate surface area is 134 Å². The summed E-state index contributed by atoms with van der Waals surface area (Å²) in [5.41, 5.74) is 0.998. The van der Waals surface area contributed by atoms with E-state index < -0.39 is 0 Å². The van der Waals surface area contributed by atoms with Crippen molar-refractivity contribution in [2.24, 2.45) is 0 Å². The molecule has 4 rings (SSSR count). The fourth-order valence-electron chi connectivity index (χ4n) is 3.01. The van der Waals surface area contributed by atoms with Gasteiger partial charge in [0.05, 0.1) is 6.20 Å². The van der Waals surface area contributed by atoms with Gasteiger partial charge in [0.15, 0.2) is 5.82 Å². The van der Waals surface area contributed by atoms with Crippen molar-refractivity contribution in [1.82, 2.24) is 20.2 Å². The third kappa shape index (κ3) is 2.67. The molecule has 1 saturated heterocycles. The highest BCUT2D eigenvalue weighted by atomic mass is 15.3. The van der Waals surface area contributed by atoms with Crippen LogP contribution < -0.4 is 9.80 Å². The lowest BCUT2D eigenvalue weighted by molar-refractivity contribution is 0.639. The van der Waals surface area contributed by atoms with E-state index in [1.165, 1.54) is 0 Å². The van der Waals surface area contributed by atoms with E-state index in [4.69, 9.17) is 0 Å². The Morgan fingerprint density at radius 1 is 0.957 bits per heavy atom. The van der Waals surface area contributed by atoms with E-state index in [2.05, 4.69) is 42.1 Å². The van der Waals surface area contributed by atoms with Crippen LogP contribution in [0.1, 0.15) is 5.69 Å². The molecule has 0 spiro atoms. The van der Waals surface area contributed by atoms with Crippen LogP contribution in [0.25, 0.3) is 10.8 Å². The summed E-state index contributed by atoms with van der Waals surface area (Å²) in [5, 5.41) is 10.8. The van der Waals surface area contributed by atoms with Gasteiger partial charge in [-0.2, -0.15) is 5.10 Å². The fraction of sp³-hybridized carbons (Fsp3) is 0.294. The molecule has 6 heteroatoms. The number of benzene rings is 1. The van der Waals surface area contributed by atoms with E-state index in [1.54, 1.807) is 6.33 Å². The minimum absolute atomic E-state index is 0.908. The van der Waals surface area contributed by atoms with Crippen LogP contribution in [0.3, 0.4) is 0 Å². The SMILES string of the molecule is Cc1cc(N2CCN(c3nncc4ccccc34)CC2)ncn1. The summed E-state index contributed by atoms with van der Waals surface area (Å²) in [6.07, 6.45) is 3.45. The Balaban J connectivity index is 1.55. The zero-order chi connectivity index (χ0) is 15.6. The van der Waals surface area contributed by atoms with E-state index in [9.17, 15) is 0 Å². The average Bonchev–Trinajstić information content (AvgIpc) is 2.61. The lowest BCUT2D eigenvalue weighted by atomic mass is 10.1. The summed E-state index contributed by atoms with van der Waals surface area (Å²) in [6, 6.07) is 10.3. The van der Waals surface area contributed by atoms with Crippen LogP contribution in [0.2, 0.25) is 0 Å². The average molecular weight is 306 g/mol. The van der Waals surface area contributed by atoms with Crippen LogP contribution in [0.5, 0.6) is 0 Å². The Hall–Kier alpha value is -2.76. The summed E-state index contributed by atoms with van der Waals surface area (Å²) in [6.45, 7) is 5.65. The van der Waals surface area contributed by atoms with Gasteiger partial charge in [-0.15, -0.1) is 5.10 Å². The van der Waals surface area contributed by atoms with Gasteiger partial charge in [0.1, 0.15) is 12.1 Å². The fourth-order valence-corrected chi connectivity index (χ4v) is 3.01. The monoisotopic (exact) mass is 306 g/mol. The molecule has 23 heavy (non-hydrogen) atoms. The molecular formula is C17H18N6. The quantitative estimate of drug-likeness (QED) is 0.722. The van der Waals surface area contributed by atoms with Gasteiger partial charge >= 0.3 is 0 Å². The van der Waals surface area contributed by atoms with Gasteiger partial charge < -0.3 is 9.80 Å². The smallest absolute Gasteiger partial charge is 0.159 e. The minimum Gasteiger partial charge on any atom is -0.353 e. The third-order valence-corrected chi connectivity index (χ3v) is 4.24. The third-order valence-electron chi connectivity index (χ3n) is 4.24. The molecule has 1 fully saturated rings. The maximum Gasteiger partial charge on any atom is 0.159 e. The number of fused-ring (bicyclic) bond motifs is 1. The number of aryl methyl sites for hydroxylation is 1. The zero-order valence-corrected chi connectivity index (χ0v) is 13.1. The lowest BCUT2D eigenvalue weighted by Crippen LogP contribution is -2.47. The number of rotatable bonds is 2. The molecule has 0 bridgehead atoms. The molecule has 6 nitrogen and oxygen atoms in total. The van der Waals surface area contributed by atoms with Gasteiger partial charge in [0, 0.05) is 48.7 Å². The maximum atomic E-state index is 4.38. The molecule has 0 aliphatic carbocycles. The second kappa shape index (κ2) is 5.79. The van der Waals surface area contributed by atoms with Crippen molar-refractivity contribution >= 4 is 22.4 Å². The van der Waals surface area contributed by atoms with Crippen molar-refractivity contribution in [3.8, 4) is 0 Å². The molecule has 0 unspecified atom stereocenters. The first-order chi connectivity index (χ1) is 11.3. The van der Waals surface area contributed by atoms with Gasteiger partial charge in [-0.1, -0.05) is 24.3 Å². The molecule has 0 radical (unpaired) electrons. The second-order valence-electron chi connectivity index (χ2n) is 5.75. The number of aromatic nitrogens is 4. The van der Waals surface area contributed by atoms with Gasteiger partial charge in [-0.05, 0) is 6.92 Å². The number of nitrogens with zero attached hydrogens (tertiary/aromatic N) is 6. The minimum atomic E-state index is 0.908. The van der Waals surface area contributed by atoms with Crippen LogP contribution in [-0.4, -0.2) is 46.3 Å². The summed E-state index contributed by atoms with van der Waals surface area (Å²) in [7, 11) is 0. The second-order valence-corrected chi connectivity index (χ2v) is 5.75.